The van der Waals surface area contributed by atoms with E-state index in [2.05, 4.69) is 10.1 Å². The van der Waals surface area contributed by atoms with E-state index in [-0.39, 0.29) is 43.7 Å². The molecule has 0 unspecified atom stereocenters. The van der Waals surface area contributed by atoms with Gasteiger partial charge in [-0.1, -0.05) is 0 Å². The highest BCUT2D eigenvalue weighted by Crippen LogP contribution is 1.98. The van der Waals surface area contributed by atoms with E-state index < -0.39 is 0 Å². The summed E-state index contributed by atoms with van der Waals surface area (Å²) in [4.78, 5) is 35.2. The van der Waals surface area contributed by atoms with Gasteiger partial charge in [-0.2, -0.15) is 0 Å². The lowest BCUT2D eigenvalue weighted by molar-refractivity contribution is -0.141. The lowest BCUT2D eigenvalue weighted by Crippen LogP contribution is -2.37. The lowest BCUT2D eigenvalue weighted by atomic mass is 10.3. The molecule has 0 spiro atoms. The van der Waals surface area contributed by atoms with Crippen molar-refractivity contribution in [2.24, 2.45) is 0 Å². The first-order valence-corrected chi connectivity index (χ1v) is 6.09. The smallest absolute Gasteiger partial charge is 0.307 e. The zero-order chi connectivity index (χ0) is 14.7. The van der Waals surface area contributed by atoms with Gasteiger partial charge >= 0.3 is 5.97 Å². The number of rotatable bonds is 9. The van der Waals surface area contributed by atoms with Gasteiger partial charge in [0.25, 0.3) is 0 Å². The van der Waals surface area contributed by atoms with E-state index >= 15 is 0 Å². The van der Waals surface area contributed by atoms with Crippen molar-refractivity contribution in [2.75, 3.05) is 40.5 Å². The molecule has 0 aliphatic carbocycles. The molecule has 0 aliphatic heterocycles. The Balaban J connectivity index is 4.18. The minimum absolute atomic E-state index is 0.130. The first-order chi connectivity index (χ1) is 9.01. The van der Waals surface area contributed by atoms with Crippen LogP contribution < -0.4 is 5.32 Å². The normalized spacial score (nSPS) is 9.84. The minimum Gasteiger partial charge on any atom is -0.469 e. The molecule has 0 aromatic carbocycles. The topological polar surface area (TPSA) is 84.9 Å². The van der Waals surface area contributed by atoms with Crippen LogP contribution in [0.4, 0.5) is 0 Å². The number of carbonyl (C=O) groups excluding carboxylic acids is 3. The molecule has 7 nitrogen and oxygen atoms in total. The summed E-state index contributed by atoms with van der Waals surface area (Å²) in [5, 5.41) is 2.55. The standard InChI is InChI=1S/C12H22N2O5/c1-10(15)13-6-4-11(16)14(8-9-18-2)7-5-12(17)19-3/h4-9H2,1-3H3,(H,13,15). The molecule has 0 bridgehead atoms. The van der Waals surface area contributed by atoms with Gasteiger partial charge in [0.1, 0.15) is 0 Å². The molecule has 0 heterocycles. The molecule has 0 saturated carbocycles. The molecule has 0 radical (unpaired) electrons. The highest BCUT2D eigenvalue weighted by atomic mass is 16.5. The third-order valence-electron chi connectivity index (χ3n) is 2.44. The van der Waals surface area contributed by atoms with Gasteiger partial charge in [0.2, 0.25) is 11.8 Å². The highest BCUT2D eigenvalue weighted by molar-refractivity contribution is 5.78. The average Bonchev–Trinajstić information content (AvgIpc) is 2.37. The zero-order valence-electron chi connectivity index (χ0n) is 11.7. The van der Waals surface area contributed by atoms with Gasteiger partial charge in [0.15, 0.2) is 0 Å². The number of methoxy groups -OCH3 is 2. The van der Waals surface area contributed by atoms with Crippen molar-refractivity contribution in [1.82, 2.24) is 10.2 Å². The van der Waals surface area contributed by atoms with Gasteiger partial charge in [-0.15, -0.1) is 0 Å². The molecule has 0 aliphatic rings. The van der Waals surface area contributed by atoms with Crippen LogP contribution >= 0.6 is 0 Å². The number of esters is 1. The van der Waals surface area contributed by atoms with Gasteiger partial charge < -0.3 is 19.7 Å². The van der Waals surface area contributed by atoms with Crippen molar-refractivity contribution in [3.8, 4) is 0 Å². The SMILES string of the molecule is COCCN(CCC(=O)OC)C(=O)CCNC(C)=O. The van der Waals surface area contributed by atoms with Crippen LogP contribution in [0.5, 0.6) is 0 Å². The van der Waals surface area contributed by atoms with Crippen molar-refractivity contribution in [3.05, 3.63) is 0 Å². The van der Waals surface area contributed by atoms with Crippen LogP contribution in [0.2, 0.25) is 0 Å². The van der Waals surface area contributed by atoms with Crippen LogP contribution in [0.25, 0.3) is 0 Å². The van der Waals surface area contributed by atoms with E-state index in [4.69, 9.17) is 4.74 Å². The summed E-state index contributed by atoms with van der Waals surface area (Å²) in [6.07, 6.45) is 0.344. The van der Waals surface area contributed by atoms with Crippen molar-refractivity contribution in [3.63, 3.8) is 0 Å². The van der Waals surface area contributed by atoms with E-state index in [1.807, 2.05) is 0 Å². The molecule has 19 heavy (non-hydrogen) atoms. The molecule has 0 aromatic rings. The maximum Gasteiger partial charge on any atom is 0.307 e. The first-order valence-electron chi connectivity index (χ1n) is 6.09. The molecule has 0 saturated heterocycles. The number of nitrogens with zero attached hydrogens (tertiary/aromatic N) is 1. The van der Waals surface area contributed by atoms with Crippen LogP contribution in [-0.4, -0.2) is 63.1 Å². The average molecular weight is 274 g/mol. The number of ether oxygens (including phenoxy) is 2. The summed E-state index contributed by atoms with van der Waals surface area (Å²) in [5.41, 5.74) is 0. The van der Waals surface area contributed by atoms with Crippen LogP contribution in [0.15, 0.2) is 0 Å². The van der Waals surface area contributed by atoms with Gasteiger partial charge in [0.05, 0.1) is 20.1 Å². The van der Waals surface area contributed by atoms with Gasteiger partial charge in [0, 0.05) is 40.1 Å². The van der Waals surface area contributed by atoms with E-state index in [9.17, 15) is 14.4 Å². The van der Waals surface area contributed by atoms with E-state index in [0.717, 1.165) is 0 Å². The predicted molar refractivity (Wildman–Crippen MR) is 68.4 cm³/mol. The van der Waals surface area contributed by atoms with Crippen molar-refractivity contribution < 1.29 is 23.9 Å². The highest BCUT2D eigenvalue weighted by Gasteiger charge is 2.14. The van der Waals surface area contributed by atoms with Crippen LogP contribution in [-0.2, 0) is 23.9 Å². The maximum absolute atomic E-state index is 11.9. The van der Waals surface area contributed by atoms with E-state index in [1.165, 1.54) is 18.9 Å². The Hall–Kier alpha value is -1.63. The second kappa shape index (κ2) is 10.3. The Morgan fingerprint density at radius 2 is 1.79 bits per heavy atom. The number of nitrogens with one attached hydrogen (secondary N) is 1. The molecule has 0 fully saturated rings. The quantitative estimate of drug-likeness (QED) is 0.576. The molecule has 1 N–H and O–H groups in total. The third-order valence-corrected chi connectivity index (χ3v) is 2.44. The first kappa shape index (κ1) is 17.4. The fraction of sp³-hybridized carbons (Fsp3) is 0.750. The minimum atomic E-state index is -0.364. The number of amides is 2. The molecule has 2 amide bonds. The monoisotopic (exact) mass is 274 g/mol. The Morgan fingerprint density at radius 3 is 2.32 bits per heavy atom. The van der Waals surface area contributed by atoms with E-state index in [0.29, 0.717) is 13.2 Å². The largest absolute Gasteiger partial charge is 0.469 e. The molecule has 0 atom stereocenters. The fourth-order valence-electron chi connectivity index (χ4n) is 1.39. The molecule has 110 valence electrons. The Kier molecular flexibility index (Phi) is 9.42. The van der Waals surface area contributed by atoms with Crippen molar-refractivity contribution in [1.29, 1.82) is 0 Å². The summed E-state index contributed by atoms with van der Waals surface area (Å²) in [6, 6.07) is 0. The van der Waals surface area contributed by atoms with Crippen molar-refractivity contribution in [2.45, 2.75) is 19.8 Å². The van der Waals surface area contributed by atoms with E-state index in [1.54, 1.807) is 7.11 Å². The Morgan fingerprint density at radius 1 is 1.11 bits per heavy atom. The molecular formula is C12H22N2O5. The van der Waals surface area contributed by atoms with Gasteiger partial charge in [-0.05, 0) is 0 Å². The molecule has 0 aromatic heterocycles. The Bertz CT molecular complexity index is 306. The molecule has 7 heteroatoms. The lowest BCUT2D eigenvalue weighted by Gasteiger charge is -2.22. The van der Waals surface area contributed by atoms with Gasteiger partial charge in [-0.3, -0.25) is 14.4 Å². The van der Waals surface area contributed by atoms with Crippen molar-refractivity contribution >= 4 is 17.8 Å². The Labute approximate surface area is 113 Å². The van der Waals surface area contributed by atoms with Crippen LogP contribution in [0.3, 0.4) is 0 Å². The predicted octanol–water partition coefficient (Wildman–Crippen LogP) is -0.449. The fourth-order valence-corrected chi connectivity index (χ4v) is 1.39. The summed E-state index contributed by atoms with van der Waals surface area (Å²) in [6.45, 7) is 2.77. The molecule has 0 rings (SSSR count). The summed E-state index contributed by atoms with van der Waals surface area (Å²) in [5.74, 6) is -0.669. The number of hydrogen-bond donors (Lipinski definition) is 1. The molecular weight excluding hydrogens is 252 g/mol. The number of carbonyl (C=O) groups is 3. The second-order valence-electron chi connectivity index (χ2n) is 3.93. The third kappa shape index (κ3) is 9.01. The summed E-state index contributed by atoms with van der Waals surface area (Å²) >= 11 is 0. The summed E-state index contributed by atoms with van der Waals surface area (Å²) < 4.78 is 9.45. The number of hydrogen-bond acceptors (Lipinski definition) is 5. The van der Waals surface area contributed by atoms with Crippen LogP contribution in [0.1, 0.15) is 19.8 Å². The second-order valence-corrected chi connectivity index (χ2v) is 3.93. The zero-order valence-corrected chi connectivity index (χ0v) is 11.7. The van der Waals surface area contributed by atoms with Crippen LogP contribution in [0, 0.1) is 0 Å². The summed E-state index contributed by atoms with van der Waals surface area (Å²) in [7, 11) is 2.85. The van der Waals surface area contributed by atoms with Gasteiger partial charge in [-0.25, -0.2) is 0 Å². The maximum atomic E-state index is 11.9.